The zero-order chi connectivity index (χ0) is 32.1. The summed E-state index contributed by atoms with van der Waals surface area (Å²) in [4.78, 5) is 37.7. The van der Waals surface area contributed by atoms with Crippen LogP contribution >= 0.6 is 0 Å². The molecule has 4 heterocycles. The first-order valence-corrected chi connectivity index (χ1v) is 14.8. The minimum Gasteiger partial charge on any atom is -0.497 e. The van der Waals surface area contributed by atoms with Crippen molar-refractivity contribution in [2.75, 3.05) is 50.1 Å². The maximum atomic E-state index is 13.2. The first-order chi connectivity index (χ1) is 21.6. The molecule has 2 atom stereocenters. The van der Waals surface area contributed by atoms with E-state index in [9.17, 15) is 22.8 Å². The summed E-state index contributed by atoms with van der Waals surface area (Å²) in [5.74, 6) is 0.886. The van der Waals surface area contributed by atoms with Gasteiger partial charge in [0, 0.05) is 56.6 Å². The van der Waals surface area contributed by atoms with E-state index in [-0.39, 0.29) is 42.7 Å². The molecular formula is C30H37F3N8O4. The molecular weight excluding hydrogens is 593 g/mol. The van der Waals surface area contributed by atoms with Gasteiger partial charge in [0.1, 0.15) is 11.9 Å². The van der Waals surface area contributed by atoms with Crippen LogP contribution in [0.1, 0.15) is 36.0 Å². The van der Waals surface area contributed by atoms with E-state index in [0.29, 0.717) is 56.7 Å². The van der Waals surface area contributed by atoms with Crippen LogP contribution in [0.2, 0.25) is 0 Å². The maximum absolute atomic E-state index is 13.2. The van der Waals surface area contributed by atoms with Gasteiger partial charge in [0.05, 0.1) is 43.8 Å². The number of rotatable bonds is 11. The second-order valence-electron chi connectivity index (χ2n) is 11.2. The number of methoxy groups -OCH3 is 1. The average molecular weight is 631 g/mol. The minimum absolute atomic E-state index is 0.00152. The van der Waals surface area contributed by atoms with Crippen LogP contribution in [0, 0.1) is 6.92 Å². The Bertz CT molecular complexity index is 1510. The SMILES string of the molecule is COc1ccc(Cn2ncc(N[C@@H](CN)CO[C@@H]3CCN(C4CCN(c5ncc(C(F)(F)F)cn5)CC4)C3=O)c(C)c2=O)cc1. The van der Waals surface area contributed by atoms with Gasteiger partial charge in [-0.25, -0.2) is 14.6 Å². The molecule has 0 bridgehead atoms. The highest BCUT2D eigenvalue weighted by Crippen LogP contribution is 2.29. The van der Waals surface area contributed by atoms with E-state index in [4.69, 9.17) is 15.2 Å². The van der Waals surface area contributed by atoms with Crippen molar-refractivity contribution in [3.8, 4) is 5.75 Å². The maximum Gasteiger partial charge on any atom is 0.419 e. The summed E-state index contributed by atoms with van der Waals surface area (Å²) in [6.45, 7) is 4.02. The Morgan fingerprint density at radius 1 is 1.04 bits per heavy atom. The molecule has 2 aromatic heterocycles. The summed E-state index contributed by atoms with van der Waals surface area (Å²) in [5, 5.41) is 7.57. The van der Waals surface area contributed by atoms with E-state index < -0.39 is 17.8 Å². The van der Waals surface area contributed by atoms with Crippen molar-refractivity contribution in [3.63, 3.8) is 0 Å². The summed E-state index contributed by atoms with van der Waals surface area (Å²) in [6, 6.07) is 7.06. The van der Waals surface area contributed by atoms with Gasteiger partial charge in [-0.05, 0) is 37.5 Å². The number of carbonyl (C=O) groups is 1. The molecule has 0 spiro atoms. The number of ether oxygens (including phenoxy) is 2. The van der Waals surface area contributed by atoms with E-state index in [2.05, 4.69) is 20.4 Å². The third-order valence-electron chi connectivity index (χ3n) is 8.26. The number of piperidine rings is 1. The Labute approximate surface area is 258 Å². The Morgan fingerprint density at radius 3 is 2.36 bits per heavy atom. The lowest BCUT2D eigenvalue weighted by Gasteiger charge is -2.36. The van der Waals surface area contributed by atoms with Crippen LogP contribution in [0.3, 0.4) is 0 Å². The van der Waals surface area contributed by atoms with Gasteiger partial charge in [0.2, 0.25) is 5.95 Å². The minimum atomic E-state index is -4.49. The quantitative estimate of drug-likeness (QED) is 0.325. The highest BCUT2D eigenvalue weighted by molar-refractivity contribution is 5.83. The van der Waals surface area contributed by atoms with Crippen molar-refractivity contribution < 1.29 is 27.4 Å². The fourth-order valence-electron chi connectivity index (χ4n) is 5.57. The largest absolute Gasteiger partial charge is 0.497 e. The lowest BCUT2D eigenvalue weighted by Crippen LogP contribution is -2.47. The smallest absolute Gasteiger partial charge is 0.419 e. The number of carbonyl (C=O) groups excluding carboxylic acids is 1. The standard InChI is InChI=1S/C30H37F3N8O4/c1-19-25(16-37-41(27(19)42)17-20-3-5-24(44-2)6-4-20)38-22(13-34)18-45-26-9-12-40(28(26)43)23-7-10-39(11-8-23)29-35-14-21(15-36-29)30(31,32)33/h3-6,14-16,22-23,26,38H,7-13,17-18,34H2,1-2H3/t22-,26+/m0/s1. The zero-order valence-electron chi connectivity index (χ0n) is 25.2. The monoisotopic (exact) mass is 630 g/mol. The Hall–Kier alpha value is -4.24. The number of likely N-dealkylation sites (tertiary alicyclic amines) is 1. The summed E-state index contributed by atoms with van der Waals surface area (Å²) in [7, 11) is 1.59. The number of anilines is 2. The number of hydrogen-bond donors (Lipinski definition) is 2. The first-order valence-electron chi connectivity index (χ1n) is 14.8. The third-order valence-corrected chi connectivity index (χ3v) is 8.26. The van der Waals surface area contributed by atoms with Crippen LogP contribution in [0.5, 0.6) is 5.75 Å². The average Bonchev–Trinajstić information content (AvgIpc) is 3.42. The lowest BCUT2D eigenvalue weighted by molar-refractivity contribution is -0.139. The van der Waals surface area contributed by atoms with Gasteiger partial charge in [-0.2, -0.15) is 18.3 Å². The van der Waals surface area contributed by atoms with Crippen LogP contribution in [0.25, 0.3) is 0 Å². The van der Waals surface area contributed by atoms with Gasteiger partial charge < -0.3 is 30.3 Å². The van der Waals surface area contributed by atoms with E-state index in [1.165, 1.54) is 4.68 Å². The summed E-state index contributed by atoms with van der Waals surface area (Å²) in [6.07, 6.45) is -0.0839. The van der Waals surface area contributed by atoms with Crippen LogP contribution < -0.4 is 26.2 Å². The van der Waals surface area contributed by atoms with Crippen molar-refractivity contribution in [3.05, 3.63) is 69.9 Å². The number of nitrogens with one attached hydrogen (secondary N) is 1. The predicted molar refractivity (Wildman–Crippen MR) is 160 cm³/mol. The molecule has 5 rings (SSSR count). The van der Waals surface area contributed by atoms with Crippen molar-refractivity contribution in [2.45, 2.75) is 57.1 Å². The Balaban J connectivity index is 1.11. The van der Waals surface area contributed by atoms with Gasteiger partial charge in [0.25, 0.3) is 11.5 Å². The molecule has 0 aliphatic carbocycles. The predicted octanol–water partition coefficient (Wildman–Crippen LogP) is 2.44. The first kappa shape index (κ1) is 32.2. The Morgan fingerprint density at radius 2 is 1.73 bits per heavy atom. The molecule has 242 valence electrons. The molecule has 45 heavy (non-hydrogen) atoms. The van der Waals surface area contributed by atoms with E-state index in [1.807, 2.05) is 34.1 Å². The summed E-state index contributed by atoms with van der Waals surface area (Å²) in [5.41, 5.74) is 6.83. The van der Waals surface area contributed by atoms with Crippen LogP contribution in [0.15, 0.2) is 47.7 Å². The molecule has 3 N–H and O–H groups in total. The molecule has 3 aromatic rings. The second kappa shape index (κ2) is 13.8. The number of nitrogens with zero attached hydrogens (tertiary/aromatic N) is 6. The van der Waals surface area contributed by atoms with Crippen molar-refractivity contribution in [1.29, 1.82) is 0 Å². The van der Waals surface area contributed by atoms with E-state index in [0.717, 1.165) is 23.7 Å². The number of alkyl halides is 3. The van der Waals surface area contributed by atoms with Gasteiger partial charge in [-0.3, -0.25) is 9.59 Å². The molecule has 12 nitrogen and oxygen atoms in total. The fraction of sp³-hybridized carbons (Fsp3) is 0.500. The highest BCUT2D eigenvalue weighted by Gasteiger charge is 2.38. The Kier molecular flexibility index (Phi) is 9.87. The van der Waals surface area contributed by atoms with Crippen LogP contribution in [-0.4, -0.2) is 88.6 Å². The summed E-state index contributed by atoms with van der Waals surface area (Å²) >= 11 is 0. The molecule has 0 radical (unpaired) electrons. The topological polar surface area (TPSA) is 141 Å². The molecule has 1 aromatic carbocycles. The van der Waals surface area contributed by atoms with Gasteiger partial charge in [-0.1, -0.05) is 12.1 Å². The number of benzene rings is 1. The normalized spacial score (nSPS) is 18.4. The lowest BCUT2D eigenvalue weighted by atomic mass is 10.0. The van der Waals surface area contributed by atoms with Crippen molar-refractivity contribution >= 4 is 17.5 Å². The molecule has 2 aliphatic rings. The fourth-order valence-corrected chi connectivity index (χ4v) is 5.57. The molecule has 1 amide bonds. The molecule has 0 unspecified atom stereocenters. The third kappa shape index (κ3) is 7.53. The number of halogens is 3. The van der Waals surface area contributed by atoms with Crippen molar-refractivity contribution in [2.24, 2.45) is 5.73 Å². The van der Waals surface area contributed by atoms with E-state index in [1.54, 1.807) is 20.2 Å². The van der Waals surface area contributed by atoms with Crippen LogP contribution in [-0.2, 0) is 22.3 Å². The van der Waals surface area contributed by atoms with Gasteiger partial charge >= 0.3 is 6.18 Å². The zero-order valence-corrected chi connectivity index (χ0v) is 25.2. The van der Waals surface area contributed by atoms with Crippen molar-refractivity contribution in [1.82, 2.24) is 24.6 Å². The second-order valence-corrected chi connectivity index (χ2v) is 11.2. The number of aromatic nitrogens is 4. The number of hydrogen-bond acceptors (Lipinski definition) is 10. The molecule has 2 aliphatic heterocycles. The molecule has 15 heteroatoms. The number of amides is 1. The highest BCUT2D eigenvalue weighted by atomic mass is 19.4. The summed E-state index contributed by atoms with van der Waals surface area (Å²) < 4.78 is 51.1. The molecule has 2 fully saturated rings. The van der Waals surface area contributed by atoms with Gasteiger partial charge in [0.15, 0.2) is 0 Å². The number of nitrogens with two attached hydrogens (primary N) is 1. The van der Waals surface area contributed by atoms with Gasteiger partial charge in [-0.15, -0.1) is 0 Å². The molecule has 2 saturated heterocycles. The molecule has 0 saturated carbocycles. The van der Waals surface area contributed by atoms with E-state index >= 15 is 0 Å². The van der Waals surface area contributed by atoms with Crippen LogP contribution in [0.4, 0.5) is 24.8 Å².